The van der Waals surface area contributed by atoms with Gasteiger partial charge in [0.1, 0.15) is 29.2 Å². The molecule has 2 aromatic rings. The standard InChI is InChI=1S/C44H60N4O12/c1-13-48(14-2)27(9)47-45-20-29-34-39(54)32-31(38(29)53)33-41(26(8)37(32)52)60-44(11,42(33)55)58-19-18-30(57-12)23(5)40(59-28(10)49)25(7)36(51)24(6)35(50)21(3)16-15-17-22(4)43(56)46-34/h15-21,23-25,30,35-36,40,50-54H,13-14H2,1-12H3,(H,46,56)/b16-15+,19-18+,22-17+,45-20+,47-27-. The van der Waals surface area contributed by atoms with Gasteiger partial charge >= 0.3 is 11.8 Å². The fraction of sp³-hybridized carbons (Fsp3) is 0.523. The predicted molar refractivity (Wildman–Crippen MR) is 227 cm³/mol. The molecule has 0 fully saturated rings. The predicted octanol–water partition coefficient (Wildman–Crippen LogP) is 5.85. The van der Waals surface area contributed by atoms with E-state index in [1.807, 2.05) is 18.7 Å². The second-order valence-electron chi connectivity index (χ2n) is 15.7. The zero-order chi connectivity index (χ0) is 45.0. The molecule has 2 aromatic carbocycles. The molecule has 5 rings (SSSR count). The van der Waals surface area contributed by atoms with Crippen LogP contribution >= 0.6 is 0 Å². The summed E-state index contributed by atoms with van der Waals surface area (Å²) >= 11 is 0. The summed E-state index contributed by atoms with van der Waals surface area (Å²) in [7, 11) is 1.43. The van der Waals surface area contributed by atoms with Crippen LogP contribution < -0.4 is 10.1 Å². The van der Waals surface area contributed by atoms with Crippen LogP contribution in [0.1, 0.15) is 90.7 Å². The topological polar surface area (TPSA) is 229 Å². The molecule has 0 spiro atoms. The van der Waals surface area contributed by atoms with Gasteiger partial charge in [0.2, 0.25) is 0 Å². The first-order valence-electron chi connectivity index (χ1n) is 20.1. The number of methoxy groups -OCH3 is 1. The van der Waals surface area contributed by atoms with Crippen LogP contribution in [0, 0.1) is 30.6 Å². The summed E-state index contributed by atoms with van der Waals surface area (Å²) in [5, 5.41) is 68.7. The highest BCUT2D eigenvalue weighted by atomic mass is 16.7. The number of fused-ring (bicyclic) bond motifs is 14. The van der Waals surface area contributed by atoms with Crippen LogP contribution in [0.15, 0.2) is 46.3 Å². The third-order valence-corrected chi connectivity index (χ3v) is 11.6. The van der Waals surface area contributed by atoms with Crippen molar-refractivity contribution in [2.45, 2.75) is 106 Å². The van der Waals surface area contributed by atoms with Crippen LogP contribution in [0.4, 0.5) is 5.69 Å². The number of allylic oxidation sites excluding steroid dienone is 2. The Bertz CT molecular complexity index is 2120. The van der Waals surface area contributed by atoms with E-state index >= 15 is 0 Å². The number of hydrogen-bond acceptors (Lipinski definition) is 14. The van der Waals surface area contributed by atoms with E-state index in [0.29, 0.717) is 18.9 Å². The molecule has 0 aliphatic carbocycles. The fourth-order valence-electron chi connectivity index (χ4n) is 7.79. The molecular formula is C44H60N4O12. The number of esters is 1. The number of carbonyl (C=O) groups is 3. The molecule has 16 nitrogen and oxygen atoms in total. The van der Waals surface area contributed by atoms with Gasteiger partial charge in [0.15, 0.2) is 5.75 Å². The first kappa shape index (κ1) is 47.2. The smallest absolute Gasteiger partial charge is 0.312 e. The van der Waals surface area contributed by atoms with Gasteiger partial charge in [-0.25, -0.2) is 0 Å². The maximum atomic E-state index is 14.4. The second kappa shape index (κ2) is 19.3. The monoisotopic (exact) mass is 836 g/mol. The van der Waals surface area contributed by atoms with Gasteiger partial charge in [-0.05, 0) is 40.7 Å². The number of ether oxygens (including phenoxy) is 4. The first-order chi connectivity index (χ1) is 28.2. The summed E-state index contributed by atoms with van der Waals surface area (Å²) in [4.78, 5) is 42.4. The molecule has 9 atom stereocenters. The Labute approximate surface area is 350 Å². The number of nitrogens with zero attached hydrogens (tertiary/aromatic N) is 3. The fourth-order valence-corrected chi connectivity index (χ4v) is 7.79. The van der Waals surface area contributed by atoms with Crippen LogP contribution in [-0.4, -0.2) is 111 Å². The van der Waals surface area contributed by atoms with Crippen molar-refractivity contribution in [3.63, 3.8) is 0 Å². The number of Topliss-reactive ketones (excluding diaryl/α,β-unsaturated/α-hetero) is 1. The summed E-state index contributed by atoms with van der Waals surface area (Å²) in [6.45, 7) is 19.4. The van der Waals surface area contributed by atoms with E-state index in [1.54, 1.807) is 46.8 Å². The van der Waals surface area contributed by atoms with Crippen LogP contribution in [0.25, 0.3) is 10.8 Å². The normalized spacial score (nSPS) is 30.1. The highest BCUT2D eigenvalue weighted by molar-refractivity contribution is 6.23. The Morgan fingerprint density at radius 3 is 2.20 bits per heavy atom. The van der Waals surface area contributed by atoms with Crippen molar-refractivity contribution in [3.05, 3.63) is 52.8 Å². The summed E-state index contributed by atoms with van der Waals surface area (Å²) in [5.41, 5.74) is -0.591. The number of rotatable bonds is 6. The number of phenolic OH excluding ortho intramolecular Hbond substituents is 3. The van der Waals surface area contributed by atoms with Crippen LogP contribution in [0.3, 0.4) is 0 Å². The second-order valence-corrected chi connectivity index (χ2v) is 15.7. The summed E-state index contributed by atoms with van der Waals surface area (Å²) < 4.78 is 23.6. The molecular weight excluding hydrogens is 776 g/mol. The lowest BCUT2D eigenvalue weighted by Crippen LogP contribution is -2.46. The number of ketones is 1. The van der Waals surface area contributed by atoms with Gasteiger partial charge in [-0.2, -0.15) is 5.10 Å². The van der Waals surface area contributed by atoms with Crippen molar-refractivity contribution in [3.8, 4) is 23.0 Å². The number of aliphatic hydroxyl groups excluding tert-OH is 2. The van der Waals surface area contributed by atoms with Gasteiger partial charge in [-0.3, -0.25) is 14.4 Å². The maximum Gasteiger partial charge on any atom is 0.312 e. The minimum Gasteiger partial charge on any atom is -0.507 e. The molecule has 0 saturated carbocycles. The average Bonchev–Trinajstić information content (AvgIpc) is 3.47. The van der Waals surface area contributed by atoms with E-state index in [1.165, 1.54) is 53.2 Å². The number of carbonyl (C=O) groups excluding carboxylic acids is 3. The highest BCUT2D eigenvalue weighted by Gasteiger charge is 2.50. The minimum atomic E-state index is -2.07. The van der Waals surface area contributed by atoms with Crippen LogP contribution in [-0.2, 0) is 23.8 Å². The van der Waals surface area contributed by atoms with Crippen molar-refractivity contribution in [2.75, 3.05) is 25.5 Å². The number of amides is 1. The number of nitrogens with one attached hydrogen (secondary N) is 1. The maximum absolute atomic E-state index is 14.4. The van der Waals surface area contributed by atoms with E-state index in [-0.39, 0.29) is 44.5 Å². The molecule has 60 heavy (non-hydrogen) atoms. The van der Waals surface area contributed by atoms with Crippen LogP contribution in [0.5, 0.6) is 23.0 Å². The molecule has 328 valence electrons. The zero-order valence-electron chi connectivity index (χ0n) is 36.4. The van der Waals surface area contributed by atoms with Gasteiger partial charge in [-0.15, -0.1) is 5.10 Å². The third-order valence-electron chi connectivity index (χ3n) is 11.6. The van der Waals surface area contributed by atoms with Gasteiger partial charge in [-0.1, -0.05) is 45.9 Å². The van der Waals surface area contributed by atoms with E-state index in [0.717, 1.165) is 6.21 Å². The highest BCUT2D eigenvalue weighted by Crippen LogP contribution is 2.55. The Kier molecular flexibility index (Phi) is 15.2. The van der Waals surface area contributed by atoms with Crippen molar-refractivity contribution in [1.29, 1.82) is 0 Å². The average molecular weight is 837 g/mol. The molecule has 1 amide bonds. The Morgan fingerprint density at radius 1 is 0.950 bits per heavy atom. The van der Waals surface area contributed by atoms with E-state index < -0.39 is 88.8 Å². The lowest BCUT2D eigenvalue weighted by Gasteiger charge is -2.38. The summed E-state index contributed by atoms with van der Waals surface area (Å²) in [6, 6.07) is 0. The van der Waals surface area contributed by atoms with Crippen molar-refractivity contribution in [2.24, 2.45) is 33.9 Å². The largest absolute Gasteiger partial charge is 0.507 e. The number of anilines is 1. The summed E-state index contributed by atoms with van der Waals surface area (Å²) in [5.74, 6) is -8.09. The van der Waals surface area contributed by atoms with E-state index in [9.17, 15) is 39.9 Å². The summed E-state index contributed by atoms with van der Waals surface area (Å²) in [6.07, 6.45) is 4.58. The van der Waals surface area contributed by atoms with E-state index in [4.69, 9.17) is 18.9 Å². The van der Waals surface area contributed by atoms with Crippen LogP contribution in [0.2, 0.25) is 0 Å². The number of hydrogen-bond donors (Lipinski definition) is 6. The number of aromatic hydroxyl groups is 3. The SMILES string of the molecule is CCN(CC)/C(C)=N\N=C\c1c2c(O)c3c(O)c(C)c4c(c3c1O)C(=O)C(C)(O/C=C/C(OC)C(C)C(OC(C)=O)C(C)C(O)C(C)C(O)C(C)/C=C/C=C(\C)C(=O)N2)O4. The quantitative estimate of drug-likeness (QED) is 0.0502. The Hall–Kier alpha value is -5.45. The van der Waals surface area contributed by atoms with E-state index in [2.05, 4.69) is 15.5 Å². The van der Waals surface area contributed by atoms with Gasteiger partial charge in [0.05, 0.1) is 53.0 Å². The number of amidine groups is 1. The Morgan fingerprint density at radius 2 is 1.60 bits per heavy atom. The molecule has 0 saturated heterocycles. The molecule has 5 bridgehead atoms. The lowest BCUT2D eigenvalue weighted by molar-refractivity contribution is -0.160. The molecule has 16 heteroatoms. The lowest BCUT2D eigenvalue weighted by atomic mass is 9.78. The zero-order valence-corrected chi connectivity index (χ0v) is 36.4. The number of phenols is 3. The molecule has 0 radical (unpaired) electrons. The number of benzene rings is 2. The molecule has 3 aliphatic heterocycles. The van der Waals surface area contributed by atoms with Gasteiger partial charge in [0, 0.05) is 74.2 Å². The number of aliphatic hydroxyl groups is 2. The third kappa shape index (κ3) is 9.30. The molecule has 3 aliphatic rings. The van der Waals surface area contributed by atoms with Crippen molar-refractivity contribution in [1.82, 2.24) is 4.90 Å². The Balaban J connectivity index is 2.00. The molecule has 0 aromatic heterocycles. The first-order valence-corrected chi connectivity index (χ1v) is 20.1. The molecule has 9 unspecified atom stereocenters. The van der Waals surface area contributed by atoms with Gasteiger partial charge in [0.25, 0.3) is 11.7 Å². The minimum absolute atomic E-state index is 0.0347. The molecule has 3 heterocycles. The molecule has 6 N–H and O–H groups in total. The van der Waals surface area contributed by atoms with Crippen molar-refractivity contribution >= 4 is 46.2 Å². The van der Waals surface area contributed by atoms with Crippen molar-refractivity contribution < 1.29 is 58.9 Å². The van der Waals surface area contributed by atoms with Gasteiger partial charge < -0.3 is 54.7 Å².